The Hall–Kier alpha value is -1.88. The number of nitrogens with one attached hydrogen (secondary N) is 2. The zero-order valence-electron chi connectivity index (χ0n) is 9.99. The van der Waals surface area contributed by atoms with Gasteiger partial charge in [-0.05, 0) is 17.2 Å². The fourth-order valence-electron chi connectivity index (χ4n) is 2.23. The number of anilines is 1. The number of hydrogen-bond donors (Lipinski definition) is 2. The number of fused-ring (bicyclic) bond motifs is 1. The van der Waals surface area contributed by atoms with E-state index < -0.39 is 0 Å². The largest absolute Gasteiger partial charge is 0.357 e. The molecule has 5 heteroatoms. The molecule has 1 aliphatic heterocycles. The van der Waals surface area contributed by atoms with E-state index in [1.165, 1.54) is 11.1 Å². The summed E-state index contributed by atoms with van der Waals surface area (Å²) >= 11 is 0. The predicted molar refractivity (Wildman–Crippen MR) is 66.5 cm³/mol. The SMILES string of the molecule is CNc1nnc(-c2ccc3c(c2)CNC3)n1C. The van der Waals surface area contributed by atoms with Crippen molar-refractivity contribution < 1.29 is 0 Å². The van der Waals surface area contributed by atoms with Crippen molar-refractivity contribution in [3.63, 3.8) is 0 Å². The predicted octanol–water partition coefficient (Wildman–Crippen LogP) is 1.13. The van der Waals surface area contributed by atoms with E-state index >= 15 is 0 Å². The van der Waals surface area contributed by atoms with Crippen LogP contribution in [0.4, 0.5) is 5.95 Å². The van der Waals surface area contributed by atoms with Crippen LogP contribution in [-0.2, 0) is 20.1 Å². The van der Waals surface area contributed by atoms with E-state index in [9.17, 15) is 0 Å². The van der Waals surface area contributed by atoms with Gasteiger partial charge in [0.2, 0.25) is 5.95 Å². The minimum atomic E-state index is 0.777. The van der Waals surface area contributed by atoms with Crippen molar-refractivity contribution in [3.05, 3.63) is 29.3 Å². The zero-order chi connectivity index (χ0) is 11.8. The summed E-state index contributed by atoms with van der Waals surface area (Å²) in [6.07, 6.45) is 0. The Morgan fingerprint density at radius 1 is 1.24 bits per heavy atom. The van der Waals surface area contributed by atoms with E-state index in [1.807, 2.05) is 18.7 Å². The monoisotopic (exact) mass is 229 g/mol. The van der Waals surface area contributed by atoms with Crippen molar-refractivity contribution >= 4 is 5.95 Å². The summed E-state index contributed by atoms with van der Waals surface area (Å²) in [6.45, 7) is 1.91. The van der Waals surface area contributed by atoms with Gasteiger partial charge in [-0.15, -0.1) is 10.2 Å². The van der Waals surface area contributed by atoms with Crippen LogP contribution in [0, 0.1) is 0 Å². The highest BCUT2D eigenvalue weighted by molar-refractivity contribution is 5.60. The Morgan fingerprint density at radius 3 is 2.82 bits per heavy atom. The van der Waals surface area contributed by atoms with E-state index in [2.05, 4.69) is 39.0 Å². The average molecular weight is 229 g/mol. The third-order valence-corrected chi connectivity index (χ3v) is 3.19. The van der Waals surface area contributed by atoms with E-state index in [0.29, 0.717) is 0 Å². The molecule has 0 spiro atoms. The van der Waals surface area contributed by atoms with E-state index in [-0.39, 0.29) is 0 Å². The Bertz CT molecular complexity index is 558. The molecule has 2 heterocycles. The van der Waals surface area contributed by atoms with Gasteiger partial charge in [-0.3, -0.25) is 4.57 Å². The van der Waals surface area contributed by atoms with Crippen LogP contribution in [0.5, 0.6) is 0 Å². The molecule has 3 rings (SSSR count). The number of aromatic nitrogens is 3. The zero-order valence-corrected chi connectivity index (χ0v) is 9.99. The second-order valence-corrected chi connectivity index (χ2v) is 4.24. The molecular weight excluding hydrogens is 214 g/mol. The quantitative estimate of drug-likeness (QED) is 0.810. The highest BCUT2D eigenvalue weighted by Gasteiger charge is 2.14. The Morgan fingerprint density at radius 2 is 2.06 bits per heavy atom. The molecule has 17 heavy (non-hydrogen) atoms. The van der Waals surface area contributed by atoms with E-state index in [0.717, 1.165) is 30.4 Å². The summed E-state index contributed by atoms with van der Waals surface area (Å²) in [6, 6.07) is 6.46. The second-order valence-electron chi connectivity index (χ2n) is 4.24. The van der Waals surface area contributed by atoms with Crippen LogP contribution in [0.3, 0.4) is 0 Å². The van der Waals surface area contributed by atoms with Crippen LogP contribution in [0.2, 0.25) is 0 Å². The lowest BCUT2D eigenvalue weighted by Gasteiger charge is -2.05. The summed E-state index contributed by atoms with van der Waals surface area (Å²) in [4.78, 5) is 0. The van der Waals surface area contributed by atoms with Gasteiger partial charge in [-0.25, -0.2) is 0 Å². The average Bonchev–Trinajstić information content (AvgIpc) is 2.94. The molecule has 0 radical (unpaired) electrons. The molecule has 0 unspecified atom stereocenters. The van der Waals surface area contributed by atoms with Gasteiger partial charge >= 0.3 is 0 Å². The lowest BCUT2D eigenvalue weighted by molar-refractivity contribution is 0.765. The number of rotatable bonds is 2. The molecule has 0 fully saturated rings. The van der Waals surface area contributed by atoms with E-state index in [4.69, 9.17) is 0 Å². The van der Waals surface area contributed by atoms with Gasteiger partial charge in [0.25, 0.3) is 0 Å². The molecule has 2 aromatic rings. The summed E-state index contributed by atoms with van der Waals surface area (Å²) in [7, 11) is 3.81. The molecule has 5 nitrogen and oxygen atoms in total. The number of benzene rings is 1. The highest BCUT2D eigenvalue weighted by atomic mass is 15.3. The molecule has 2 N–H and O–H groups in total. The smallest absolute Gasteiger partial charge is 0.224 e. The second kappa shape index (κ2) is 3.85. The van der Waals surface area contributed by atoms with Crippen molar-refractivity contribution in [2.45, 2.75) is 13.1 Å². The first-order valence-electron chi connectivity index (χ1n) is 5.69. The molecule has 0 saturated carbocycles. The maximum Gasteiger partial charge on any atom is 0.224 e. The van der Waals surface area contributed by atoms with Crippen molar-refractivity contribution in [3.8, 4) is 11.4 Å². The van der Waals surface area contributed by atoms with Crippen molar-refractivity contribution in [1.29, 1.82) is 0 Å². The van der Waals surface area contributed by atoms with Crippen molar-refractivity contribution in [2.24, 2.45) is 7.05 Å². The Kier molecular flexibility index (Phi) is 2.33. The summed E-state index contributed by atoms with van der Waals surface area (Å²) in [5.41, 5.74) is 3.85. The van der Waals surface area contributed by atoms with Crippen molar-refractivity contribution in [1.82, 2.24) is 20.1 Å². The fraction of sp³-hybridized carbons (Fsp3) is 0.333. The maximum absolute atomic E-state index is 4.21. The molecule has 88 valence electrons. The van der Waals surface area contributed by atoms with Gasteiger partial charge in [0.05, 0.1) is 0 Å². The fourth-order valence-corrected chi connectivity index (χ4v) is 2.23. The standard InChI is InChI=1S/C12H15N5/c1-13-12-16-15-11(17(12)2)8-3-4-9-6-14-7-10(9)5-8/h3-5,14H,6-7H2,1-2H3,(H,13,16). The van der Waals surface area contributed by atoms with Gasteiger partial charge in [-0.2, -0.15) is 0 Å². The molecule has 0 atom stereocenters. The molecule has 1 aliphatic rings. The minimum absolute atomic E-state index is 0.777. The van der Waals surface area contributed by atoms with Gasteiger partial charge < -0.3 is 10.6 Å². The normalized spacial score (nSPS) is 13.8. The molecule has 0 amide bonds. The first kappa shape index (κ1) is 10.3. The van der Waals surface area contributed by atoms with Crippen LogP contribution >= 0.6 is 0 Å². The van der Waals surface area contributed by atoms with Gasteiger partial charge in [-0.1, -0.05) is 12.1 Å². The summed E-state index contributed by atoms with van der Waals surface area (Å²) in [5.74, 6) is 1.67. The van der Waals surface area contributed by atoms with Crippen LogP contribution in [0.15, 0.2) is 18.2 Å². The number of nitrogens with zero attached hydrogens (tertiary/aromatic N) is 3. The topological polar surface area (TPSA) is 54.8 Å². The third kappa shape index (κ3) is 1.59. The third-order valence-electron chi connectivity index (χ3n) is 3.19. The molecule has 0 bridgehead atoms. The van der Waals surface area contributed by atoms with Gasteiger partial charge in [0.15, 0.2) is 5.82 Å². The van der Waals surface area contributed by atoms with Crippen LogP contribution in [-0.4, -0.2) is 21.8 Å². The van der Waals surface area contributed by atoms with Crippen molar-refractivity contribution in [2.75, 3.05) is 12.4 Å². The first-order chi connectivity index (χ1) is 8.29. The molecule has 0 saturated heterocycles. The number of hydrogen-bond acceptors (Lipinski definition) is 4. The highest BCUT2D eigenvalue weighted by Crippen LogP contribution is 2.24. The minimum Gasteiger partial charge on any atom is -0.357 e. The van der Waals surface area contributed by atoms with Crippen LogP contribution in [0.1, 0.15) is 11.1 Å². The molecule has 1 aromatic carbocycles. The molecule has 0 aliphatic carbocycles. The first-order valence-corrected chi connectivity index (χ1v) is 5.69. The summed E-state index contributed by atoms with van der Waals surface area (Å²) < 4.78 is 1.96. The summed E-state index contributed by atoms with van der Waals surface area (Å²) in [5, 5.41) is 14.7. The Labute approximate surface area is 99.9 Å². The van der Waals surface area contributed by atoms with Crippen LogP contribution < -0.4 is 10.6 Å². The Balaban J connectivity index is 2.06. The van der Waals surface area contributed by atoms with E-state index in [1.54, 1.807) is 0 Å². The lowest BCUT2D eigenvalue weighted by Crippen LogP contribution is -2.00. The lowest BCUT2D eigenvalue weighted by atomic mass is 10.1. The molecular formula is C12H15N5. The maximum atomic E-state index is 4.21. The molecule has 1 aromatic heterocycles. The van der Waals surface area contributed by atoms with Gasteiger partial charge in [0, 0.05) is 32.7 Å². The van der Waals surface area contributed by atoms with Gasteiger partial charge in [0.1, 0.15) is 0 Å². The van der Waals surface area contributed by atoms with Crippen LogP contribution in [0.25, 0.3) is 11.4 Å².